The lowest BCUT2D eigenvalue weighted by Gasteiger charge is -2.08. The van der Waals surface area contributed by atoms with E-state index in [9.17, 15) is 14.4 Å². The Hall–Kier alpha value is -3.41. The molecule has 0 aliphatic rings. The van der Waals surface area contributed by atoms with Crippen LogP contribution in [-0.4, -0.2) is 17.8 Å². The largest absolute Gasteiger partial charge is 0.417 e. The third kappa shape index (κ3) is 5.62. The van der Waals surface area contributed by atoms with Crippen LogP contribution in [0.1, 0.15) is 24.2 Å². The molecule has 6 nitrogen and oxygen atoms in total. The number of hydrogen-bond donors (Lipinski definition) is 2. The third-order valence-corrected chi connectivity index (χ3v) is 3.10. The molecule has 0 fully saturated rings. The molecule has 2 N–H and O–H groups in total. The second-order valence-corrected chi connectivity index (χ2v) is 5.17. The molecule has 0 heterocycles. The Labute approximate surface area is 145 Å². The minimum absolute atomic E-state index is 0.145. The van der Waals surface area contributed by atoms with E-state index < -0.39 is 6.09 Å². The van der Waals surface area contributed by atoms with Crippen molar-refractivity contribution < 1.29 is 19.1 Å². The molecule has 6 heteroatoms. The highest BCUT2D eigenvalue weighted by molar-refractivity contribution is 6.05. The normalized spacial score (nSPS) is 10.3. The molecule has 0 aliphatic carbocycles. The molecule has 0 aliphatic heterocycles. The van der Waals surface area contributed by atoms with Gasteiger partial charge in [0.1, 0.15) is 5.75 Å². The van der Waals surface area contributed by atoms with Crippen LogP contribution in [0.4, 0.5) is 16.2 Å². The van der Waals surface area contributed by atoms with Crippen LogP contribution in [-0.2, 0) is 4.79 Å². The first-order valence-electron chi connectivity index (χ1n) is 7.61. The number of amides is 2. The summed E-state index contributed by atoms with van der Waals surface area (Å²) in [6.07, 6.45) is 2.43. The van der Waals surface area contributed by atoms with Crippen molar-refractivity contribution in [1.29, 1.82) is 0 Å². The number of ketones is 1. The molecule has 25 heavy (non-hydrogen) atoms. The smallest absolute Gasteiger partial charge is 0.410 e. The van der Waals surface area contributed by atoms with Gasteiger partial charge in [0.25, 0.3) is 0 Å². The van der Waals surface area contributed by atoms with E-state index in [-0.39, 0.29) is 11.7 Å². The van der Waals surface area contributed by atoms with E-state index >= 15 is 0 Å². The molecule has 0 unspecified atom stereocenters. The highest BCUT2D eigenvalue weighted by Crippen LogP contribution is 2.17. The first-order chi connectivity index (χ1) is 12.0. The van der Waals surface area contributed by atoms with Crippen LogP contribution in [0.25, 0.3) is 0 Å². The summed E-state index contributed by atoms with van der Waals surface area (Å²) < 4.78 is 5.16. The lowest BCUT2D eigenvalue weighted by Crippen LogP contribution is -2.17. The fourth-order valence-corrected chi connectivity index (χ4v) is 2.06. The predicted molar refractivity (Wildman–Crippen MR) is 96.0 cm³/mol. The third-order valence-electron chi connectivity index (χ3n) is 3.10. The molecule has 2 amide bonds. The number of anilines is 2. The molecule has 0 aromatic heterocycles. The fourth-order valence-electron chi connectivity index (χ4n) is 2.06. The van der Waals surface area contributed by atoms with Gasteiger partial charge in [-0.3, -0.25) is 14.9 Å². The van der Waals surface area contributed by atoms with Gasteiger partial charge in [-0.2, -0.15) is 0 Å². The van der Waals surface area contributed by atoms with Gasteiger partial charge < -0.3 is 10.1 Å². The topological polar surface area (TPSA) is 84.5 Å². The maximum absolute atomic E-state index is 11.9. The SMILES string of the molecule is C/C=C\C(=O)c1cccc(NC(=O)Oc2ccc(NC(C)=O)cc2)c1. The van der Waals surface area contributed by atoms with Crippen LogP contribution < -0.4 is 15.4 Å². The lowest BCUT2D eigenvalue weighted by molar-refractivity contribution is -0.114. The van der Waals surface area contributed by atoms with Crippen molar-refractivity contribution in [2.24, 2.45) is 0 Å². The molecule has 128 valence electrons. The minimum Gasteiger partial charge on any atom is -0.410 e. The average Bonchev–Trinajstić information content (AvgIpc) is 2.56. The zero-order valence-electron chi connectivity index (χ0n) is 13.9. The molecule has 0 atom stereocenters. The van der Waals surface area contributed by atoms with Crippen molar-refractivity contribution in [2.45, 2.75) is 13.8 Å². The highest BCUT2D eigenvalue weighted by atomic mass is 16.6. The number of nitrogens with one attached hydrogen (secondary N) is 2. The van der Waals surface area contributed by atoms with E-state index in [1.165, 1.54) is 13.0 Å². The first-order valence-corrected chi connectivity index (χ1v) is 7.61. The number of benzene rings is 2. The van der Waals surface area contributed by atoms with Crippen molar-refractivity contribution in [3.63, 3.8) is 0 Å². The Morgan fingerprint density at radius 3 is 2.32 bits per heavy atom. The highest BCUT2D eigenvalue weighted by Gasteiger charge is 2.08. The number of carbonyl (C=O) groups excluding carboxylic acids is 3. The first kappa shape index (κ1) is 17.9. The van der Waals surface area contributed by atoms with E-state index in [2.05, 4.69) is 10.6 Å². The van der Waals surface area contributed by atoms with Gasteiger partial charge in [-0.1, -0.05) is 18.2 Å². The van der Waals surface area contributed by atoms with Crippen LogP contribution in [0.2, 0.25) is 0 Å². The molecule has 0 radical (unpaired) electrons. The molecule has 0 spiro atoms. The second-order valence-electron chi connectivity index (χ2n) is 5.17. The average molecular weight is 338 g/mol. The van der Waals surface area contributed by atoms with Gasteiger partial charge in [0.05, 0.1) is 0 Å². The standard InChI is InChI=1S/C19H18N2O4/c1-3-5-18(23)14-6-4-7-16(12-14)21-19(24)25-17-10-8-15(9-11-17)20-13(2)22/h3-12H,1-2H3,(H,20,22)(H,21,24)/b5-3-. The van der Waals surface area contributed by atoms with Crippen LogP contribution >= 0.6 is 0 Å². The molecule has 2 aromatic rings. The Morgan fingerprint density at radius 1 is 0.960 bits per heavy atom. The van der Waals surface area contributed by atoms with Gasteiger partial charge in [0.15, 0.2) is 5.78 Å². The lowest BCUT2D eigenvalue weighted by atomic mass is 10.1. The summed E-state index contributed by atoms with van der Waals surface area (Å²) >= 11 is 0. The number of hydrogen-bond acceptors (Lipinski definition) is 4. The monoisotopic (exact) mass is 338 g/mol. The maximum atomic E-state index is 11.9. The van der Waals surface area contributed by atoms with Crippen molar-refractivity contribution in [3.8, 4) is 5.75 Å². The van der Waals surface area contributed by atoms with Crippen LogP contribution in [0, 0.1) is 0 Å². The molecular formula is C19H18N2O4. The van der Waals surface area contributed by atoms with Gasteiger partial charge in [-0.25, -0.2) is 4.79 Å². The molecule has 0 bridgehead atoms. The van der Waals surface area contributed by atoms with Crippen molar-refractivity contribution >= 4 is 29.2 Å². The molecule has 0 saturated heterocycles. The van der Waals surface area contributed by atoms with E-state index in [1.54, 1.807) is 61.5 Å². The molecule has 2 aromatic carbocycles. The van der Waals surface area contributed by atoms with Crippen molar-refractivity contribution in [1.82, 2.24) is 0 Å². The van der Waals surface area contributed by atoms with Crippen LogP contribution in [0.3, 0.4) is 0 Å². The van der Waals surface area contributed by atoms with Gasteiger partial charge in [-0.05, 0) is 49.4 Å². The summed E-state index contributed by atoms with van der Waals surface area (Å²) in [5, 5.41) is 5.19. The summed E-state index contributed by atoms with van der Waals surface area (Å²) in [5.74, 6) is -0.000384. The summed E-state index contributed by atoms with van der Waals surface area (Å²) in [5.41, 5.74) is 1.53. The second kappa shape index (κ2) is 8.44. The minimum atomic E-state index is -0.678. The van der Waals surface area contributed by atoms with Gasteiger partial charge >= 0.3 is 6.09 Å². The summed E-state index contributed by atoms with van der Waals surface area (Å²) in [7, 11) is 0. The quantitative estimate of drug-likeness (QED) is 0.637. The molecular weight excluding hydrogens is 320 g/mol. The number of rotatable bonds is 5. The zero-order chi connectivity index (χ0) is 18.2. The Morgan fingerprint density at radius 2 is 1.68 bits per heavy atom. The van der Waals surface area contributed by atoms with Crippen molar-refractivity contribution in [2.75, 3.05) is 10.6 Å². The zero-order valence-corrected chi connectivity index (χ0v) is 13.9. The Bertz CT molecular complexity index is 810. The fraction of sp³-hybridized carbons (Fsp3) is 0.105. The predicted octanol–water partition coefficient (Wildman–Crippen LogP) is 4.01. The Kier molecular flexibility index (Phi) is 6.06. The van der Waals surface area contributed by atoms with Crippen LogP contribution in [0.15, 0.2) is 60.7 Å². The van der Waals surface area contributed by atoms with Gasteiger partial charge in [-0.15, -0.1) is 0 Å². The van der Waals surface area contributed by atoms with Crippen molar-refractivity contribution in [3.05, 3.63) is 66.2 Å². The van der Waals surface area contributed by atoms with E-state index in [4.69, 9.17) is 4.74 Å². The molecule has 2 rings (SSSR count). The number of carbonyl (C=O) groups is 3. The summed E-state index contributed by atoms with van der Waals surface area (Å²) in [6, 6.07) is 13.0. The van der Waals surface area contributed by atoms with E-state index in [0.29, 0.717) is 22.7 Å². The summed E-state index contributed by atoms with van der Waals surface area (Å²) in [4.78, 5) is 34.7. The van der Waals surface area contributed by atoms with E-state index in [1.807, 2.05) is 0 Å². The molecule has 0 saturated carbocycles. The Balaban J connectivity index is 1.99. The van der Waals surface area contributed by atoms with Gasteiger partial charge in [0, 0.05) is 23.9 Å². The summed E-state index contributed by atoms with van der Waals surface area (Å²) in [6.45, 7) is 3.17. The number of allylic oxidation sites excluding steroid dienone is 2. The maximum Gasteiger partial charge on any atom is 0.417 e. The number of ether oxygens (including phenoxy) is 1. The van der Waals surface area contributed by atoms with E-state index in [0.717, 1.165) is 0 Å². The van der Waals surface area contributed by atoms with Crippen LogP contribution in [0.5, 0.6) is 5.75 Å². The van der Waals surface area contributed by atoms with Gasteiger partial charge in [0.2, 0.25) is 5.91 Å².